The van der Waals surface area contributed by atoms with E-state index in [-0.39, 0.29) is 0 Å². The molecule has 0 spiro atoms. The quantitative estimate of drug-likeness (QED) is 0.129. The van der Waals surface area contributed by atoms with Crippen LogP contribution in [0, 0.1) is 0 Å². The molecule has 0 fully saturated rings. The van der Waals surface area contributed by atoms with Crippen molar-refractivity contribution in [2.24, 2.45) is 0 Å². The van der Waals surface area contributed by atoms with Crippen LogP contribution in [0.15, 0.2) is 183 Å². The molecule has 0 amide bonds. The summed E-state index contributed by atoms with van der Waals surface area (Å²) in [7, 11) is 0. The van der Waals surface area contributed by atoms with Crippen LogP contribution in [0.5, 0.6) is 0 Å². The van der Waals surface area contributed by atoms with Gasteiger partial charge in [-0.05, 0) is 98.3 Å². The summed E-state index contributed by atoms with van der Waals surface area (Å²) in [5.74, 6) is 0. The smallest absolute Gasteiger partial charge is 0.137 e. The molecule has 0 N–H and O–H groups in total. The number of allylic oxidation sites excluding steroid dienone is 5. The summed E-state index contributed by atoms with van der Waals surface area (Å²) in [6.45, 7) is 6.07. The molecule has 0 saturated carbocycles. The first-order valence-electron chi connectivity index (χ1n) is 16.4. The van der Waals surface area contributed by atoms with Crippen LogP contribution in [0.1, 0.15) is 12.5 Å². The van der Waals surface area contributed by atoms with Crippen molar-refractivity contribution in [3.05, 3.63) is 188 Å². The number of benzene rings is 6. The summed E-state index contributed by atoms with van der Waals surface area (Å²) in [4.78, 5) is 5.04. The van der Waals surface area contributed by atoms with Gasteiger partial charge in [0.2, 0.25) is 0 Å². The van der Waals surface area contributed by atoms with E-state index in [9.17, 15) is 0 Å². The minimum absolute atomic E-state index is 0.931. The first-order valence-corrected chi connectivity index (χ1v) is 16.4. The normalized spacial score (nSPS) is 12.0. The minimum atomic E-state index is 0.931. The van der Waals surface area contributed by atoms with Crippen LogP contribution in [0.2, 0.25) is 0 Å². The van der Waals surface area contributed by atoms with Gasteiger partial charge in [-0.15, -0.1) is 0 Å². The van der Waals surface area contributed by atoms with E-state index in [1.165, 1.54) is 32.7 Å². The maximum atomic E-state index is 5.04. The van der Waals surface area contributed by atoms with Crippen molar-refractivity contribution in [2.45, 2.75) is 6.92 Å². The predicted molar refractivity (Wildman–Crippen MR) is 205 cm³/mol. The van der Waals surface area contributed by atoms with Crippen molar-refractivity contribution in [1.29, 1.82) is 0 Å². The highest BCUT2D eigenvalue weighted by Crippen LogP contribution is 2.39. The average molecular weight is 615 g/mol. The number of fused-ring (bicyclic) bond motifs is 4. The first kappa shape index (κ1) is 29.2. The summed E-state index contributed by atoms with van der Waals surface area (Å²) in [6, 6.07) is 52.2. The Morgan fingerprint density at radius 3 is 2.08 bits per heavy atom. The van der Waals surface area contributed by atoms with Gasteiger partial charge in [0.1, 0.15) is 5.65 Å². The Morgan fingerprint density at radius 2 is 1.29 bits per heavy atom. The molecule has 0 aliphatic heterocycles. The van der Waals surface area contributed by atoms with E-state index in [1.54, 1.807) is 0 Å². The Balaban J connectivity index is 1.31. The molecule has 228 valence electrons. The molecule has 6 aromatic carbocycles. The second-order valence-corrected chi connectivity index (χ2v) is 12.0. The standard InChI is InChI=1S/C46H34N2/c1-3-14-32(15-4-2)37-28-38(30-39(29-37)43-31-36-18-8-9-19-40(36)41-20-10-11-21-42(41)43)33-23-25-35(26-24-33)46-45(34-16-6-5-7-17-34)47-44-22-12-13-27-48(44)46/h3-31H,1H2,2H3/b15-4-,32-14+. The lowest BCUT2D eigenvalue weighted by molar-refractivity contribution is 1.19. The molecule has 2 aromatic heterocycles. The number of hydrogen-bond acceptors (Lipinski definition) is 1. The third-order valence-corrected chi connectivity index (χ3v) is 9.06. The van der Waals surface area contributed by atoms with Gasteiger partial charge in [-0.2, -0.15) is 0 Å². The van der Waals surface area contributed by atoms with E-state index in [0.717, 1.165) is 50.4 Å². The predicted octanol–water partition coefficient (Wildman–Crippen LogP) is 12.5. The van der Waals surface area contributed by atoms with Gasteiger partial charge in [0.25, 0.3) is 0 Å². The highest BCUT2D eigenvalue weighted by molar-refractivity contribution is 6.14. The minimum Gasteiger partial charge on any atom is -0.299 e. The Labute approximate surface area is 281 Å². The van der Waals surface area contributed by atoms with E-state index in [0.29, 0.717) is 0 Å². The third-order valence-electron chi connectivity index (χ3n) is 9.06. The second-order valence-electron chi connectivity index (χ2n) is 12.0. The van der Waals surface area contributed by atoms with E-state index in [4.69, 9.17) is 4.98 Å². The van der Waals surface area contributed by atoms with Crippen LogP contribution in [0.4, 0.5) is 0 Å². The third kappa shape index (κ3) is 5.24. The number of imidazole rings is 1. The van der Waals surface area contributed by atoms with Gasteiger partial charge in [-0.3, -0.25) is 4.40 Å². The zero-order valence-corrected chi connectivity index (χ0v) is 26.8. The highest BCUT2D eigenvalue weighted by Gasteiger charge is 2.17. The summed E-state index contributed by atoms with van der Waals surface area (Å²) in [5.41, 5.74) is 12.2. The summed E-state index contributed by atoms with van der Waals surface area (Å²) in [5, 5.41) is 5.02. The van der Waals surface area contributed by atoms with Crippen molar-refractivity contribution in [3.8, 4) is 44.8 Å². The molecule has 0 bridgehead atoms. The fourth-order valence-electron chi connectivity index (χ4n) is 6.85. The number of nitrogens with zero attached hydrogens (tertiary/aromatic N) is 2. The van der Waals surface area contributed by atoms with Crippen molar-refractivity contribution in [1.82, 2.24) is 9.38 Å². The van der Waals surface area contributed by atoms with Crippen LogP contribution in [-0.2, 0) is 0 Å². The van der Waals surface area contributed by atoms with Crippen LogP contribution in [0.3, 0.4) is 0 Å². The molecule has 8 aromatic rings. The van der Waals surface area contributed by atoms with E-state index >= 15 is 0 Å². The molecule has 48 heavy (non-hydrogen) atoms. The average Bonchev–Trinajstić information content (AvgIpc) is 3.54. The van der Waals surface area contributed by atoms with Crippen LogP contribution in [0.25, 0.3) is 77.5 Å². The molecular formula is C46H34N2. The summed E-state index contributed by atoms with van der Waals surface area (Å²) < 4.78 is 2.18. The topological polar surface area (TPSA) is 17.3 Å². The van der Waals surface area contributed by atoms with Gasteiger partial charge in [0, 0.05) is 17.3 Å². The van der Waals surface area contributed by atoms with Crippen LogP contribution in [-0.4, -0.2) is 9.38 Å². The van der Waals surface area contributed by atoms with Gasteiger partial charge >= 0.3 is 0 Å². The molecule has 2 heteroatoms. The van der Waals surface area contributed by atoms with E-state index in [1.807, 2.05) is 18.2 Å². The van der Waals surface area contributed by atoms with Gasteiger partial charge in [0.15, 0.2) is 0 Å². The lowest BCUT2D eigenvalue weighted by atomic mass is 9.89. The van der Waals surface area contributed by atoms with Crippen molar-refractivity contribution < 1.29 is 0 Å². The Bertz CT molecular complexity index is 2510. The van der Waals surface area contributed by atoms with E-state index < -0.39 is 0 Å². The monoisotopic (exact) mass is 614 g/mol. The lowest BCUT2D eigenvalue weighted by Crippen LogP contribution is -1.91. The largest absolute Gasteiger partial charge is 0.299 e. The summed E-state index contributed by atoms with van der Waals surface area (Å²) >= 11 is 0. The summed E-state index contributed by atoms with van der Waals surface area (Å²) in [6.07, 6.45) is 10.3. The maximum Gasteiger partial charge on any atom is 0.137 e. The molecule has 2 nitrogen and oxygen atoms in total. The fraction of sp³-hybridized carbons (Fsp3) is 0.0217. The van der Waals surface area contributed by atoms with Crippen molar-refractivity contribution in [3.63, 3.8) is 0 Å². The molecule has 8 rings (SSSR count). The molecule has 0 atom stereocenters. The van der Waals surface area contributed by atoms with E-state index in [2.05, 4.69) is 176 Å². The molecule has 0 aliphatic rings. The Kier molecular flexibility index (Phi) is 7.60. The van der Waals surface area contributed by atoms with Crippen LogP contribution >= 0.6 is 0 Å². The fourth-order valence-corrected chi connectivity index (χ4v) is 6.85. The number of rotatable bonds is 7. The zero-order valence-electron chi connectivity index (χ0n) is 26.8. The maximum absolute atomic E-state index is 5.04. The van der Waals surface area contributed by atoms with Gasteiger partial charge in [-0.1, -0.05) is 140 Å². The molecule has 0 saturated heterocycles. The highest BCUT2D eigenvalue weighted by atomic mass is 15.0. The van der Waals surface area contributed by atoms with Gasteiger partial charge < -0.3 is 0 Å². The van der Waals surface area contributed by atoms with Crippen molar-refractivity contribution >= 4 is 32.8 Å². The van der Waals surface area contributed by atoms with Gasteiger partial charge in [-0.25, -0.2) is 4.98 Å². The second kappa shape index (κ2) is 12.5. The number of aromatic nitrogens is 2. The van der Waals surface area contributed by atoms with Gasteiger partial charge in [0.05, 0.1) is 11.4 Å². The lowest BCUT2D eigenvalue weighted by Gasteiger charge is -2.15. The van der Waals surface area contributed by atoms with Crippen molar-refractivity contribution in [2.75, 3.05) is 0 Å². The number of pyridine rings is 1. The Morgan fingerprint density at radius 1 is 0.604 bits per heavy atom. The molecule has 2 heterocycles. The zero-order chi connectivity index (χ0) is 32.5. The molecule has 0 unspecified atom stereocenters. The number of hydrogen-bond donors (Lipinski definition) is 0. The molecule has 0 aliphatic carbocycles. The first-order chi connectivity index (χ1) is 23.7. The SMILES string of the molecule is C=C/C=C(\C=C/C)c1cc(-c2ccc(-c3c(-c4ccccc4)nc4ccccn34)cc2)cc(-c2cc3ccccc3c3ccccc23)c1. The van der Waals surface area contributed by atoms with Crippen LogP contribution < -0.4 is 0 Å². The molecular weight excluding hydrogens is 581 g/mol. The Hall–Kier alpha value is -6.25. The molecule has 0 radical (unpaired) electrons.